The summed E-state index contributed by atoms with van der Waals surface area (Å²) in [5.41, 5.74) is 1.17. The number of carbonyl (C=O) groups is 1. The fraction of sp³-hybridized carbons (Fsp3) is 0.400. The van der Waals surface area contributed by atoms with Crippen molar-refractivity contribution in [3.05, 3.63) is 35.9 Å². The molecule has 3 heteroatoms. The predicted octanol–water partition coefficient (Wildman–Crippen LogP) is 3.17. The Kier molecular flexibility index (Phi) is 5.98. The number of aryl methyl sites for hydroxylation is 1. The third-order valence-corrected chi connectivity index (χ3v) is 2.70. The van der Waals surface area contributed by atoms with E-state index in [1.54, 1.807) is 20.3 Å². The number of benzene rings is 1. The molecule has 1 rings (SSSR count). The van der Waals surface area contributed by atoms with E-state index >= 15 is 0 Å². The van der Waals surface area contributed by atoms with Crippen molar-refractivity contribution in [1.29, 1.82) is 0 Å². The van der Waals surface area contributed by atoms with E-state index in [4.69, 9.17) is 9.47 Å². The smallest absolute Gasteiger partial charge is 0.160 e. The van der Waals surface area contributed by atoms with Gasteiger partial charge in [-0.2, -0.15) is 0 Å². The summed E-state index contributed by atoms with van der Waals surface area (Å²) in [5, 5.41) is 0. The Balaban J connectivity index is 2.58. The maximum Gasteiger partial charge on any atom is 0.160 e. The minimum Gasteiger partial charge on any atom is -0.493 e. The number of carbonyl (C=O) groups excluding carboxylic acids is 1. The van der Waals surface area contributed by atoms with Gasteiger partial charge in [0.25, 0.3) is 0 Å². The van der Waals surface area contributed by atoms with Crippen LogP contribution in [0.25, 0.3) is 0 Å². The number of ether oxygens (including phenoxy) is 2. The summed E-state index contributed by atoms with van der Waals surface area (Å²) in [5.74, 6) is 1.64. The SMILES string of the molecule is CCC(=O)C=CCCc1ccc(OC)c(OC)c1. The average Bonchev–Trinajstić information content (AvgIpc) is 2.42. The molecule has 0 unspecified atom stereocenters. The van der Waals surface area contributed by atoms with Gasteiger partial charge in [0.15, 0.2) is 17.3 Å². The van der Waals surface area contributed by atoms with Gasteiger partial charge in [0, 0.05) is 6.42 Å². The van der Waals surface area contributed by atoms with Crippen LogP contribution < -0.4 is 9.47 Å². The minimum atomic E-state index is 0.169. The topological polar surface area (TPSA) is 35.5 Å². The monoisotopic (exact) mass is 248 g/mol. The molecule has 98 valence electrons. The van der Waals surface area contributed by atoms with E-state index in [0.29, 0.717) is 6.42 Å². The molecule has 0 N–H and O–H groups in total. The van der Waals surface area contributed by atoms with Crippen molar-refractivity contribution in [3.63, 3.8) is 0 Å². The molecule has 0 spiro atoms. The van der Waals surface area contributed by atoms with Crippen molar-refractivity contribution < 1.29 is 14.3 Å². The highest BCUT2D eigenvalue weighted by Crippen LogP contribution is 2.27. The van der Waals surface area contributed by atoms with E-state index in [9.17, 15) is 4.79 Å². The molecule has 0 aromatic heterocycles. The Morgan fingerprint density at radius 1 is 1.22 bits per heavy atom. The minimum absolute atomic E-state index is 0.169. The Bertz CT molecular complexity index is 422. The quantitative estimate of drug-likeness (QED) is 0.695. The largest absolute Gasteiger partial charge is 0.493 e. The van der Waals surface area contributed by atoms with Gasteiger partial charge in [-0.05, 0) is 36.6 Å². The second-order valence-corrected chi connectivity index (χ2v) is 3.95. The van der Waals surface area contributed by atoms with Crippen LogP contribution in [0.5, 0.6) is 11.5 Å². The van der Waals surface area contributed by atoms with E-state index in [1.807, 2.05) is 31.2 Å². The first-order valence-corrected chi connectivity index (χ1v) is 6.11. The van der Waals surface area contributed by atoms with Gasteiger partial charge in [0.2, 0.25) is 0 Å². The summed E-state index contributed by atoms with van der Waals surface area (Å²) in [6.45, 7) is 1.86. The lowest BCUT2D eigenvalue weighted by atomic mass is 10.1. The first-order chi connectivity index (χ1) is 8.71. The van der Waals surface area contributed by atoms with Crippen molar-refractivity contribution in [2.24, 2.45) is 0 Å². The third kappa shape index (κ3) is 4.24. The fourth-order valence-electron chi connectivity index (χ4n) is 1.62. The van der Waals surface area contributed by atoms with Gasteiger partial charge in [-0.25, -0.2) is 0 Å². The van der Waals surface area contributed by atoms with Gasteiger partial charge in [0.1, 0.15) is 0 Å². The summed E-state index contributed by atoms with van der Waals surface area (Å²) in [7, 11) is 3.25. The summed E-state index contributed by atoms with van der Waals surface area (Å²) >= 11 is 0. The Labute approximate surface area is 108 Å². The first-order valence-electron chi connectivity index (χ1n) is 6.11. The van der Waals surface area contributed by atoms with E-state index < -0.39 is 0 Å². The molecular formula is C15H20O3. The third-order valence-electron chi connectivity index (χ3n) is 2.70. The number of hydrogen-bond acceptors (Lipinski definition) is 3. The van der Waals surface area contributed by atoms with Crippen LogP contribution in [-0.4, -0.2) is 20.0 Å². The molecule has 0 atom stereocenters. The zero-order valence-electron chi connectivity index (χ0n) is 11.2. The summed E-state index contributed by atoms with van der Waals surface area (Å²) < 4.78 is 10.4. The fourth-order valence-corrected chi connectivity index (χ4v) is 1.62. The highest BCUT2D eigenvalue weighted by atomic mass is 16.5. The molecule has 1 aromatic carbocycles. The molecule has 18 heavy (non-hydrogen) atoms. The molecule has 0 heterocycles. The van der Waals surface area contributed by atoms with Gasteiger partial charge in [-0.3, -0.25) is 4.79 Å². The van der Waals surface area contributed by atoms with Crippen molar-refractivity contribution >= 4 is 5.78 Å². The van der Waals surface area contributed by atoms with Crippen molar-refractivity contribution in [1.82, 2.24) is 0 Å². The Morgan fingerprint density at radius 3 is 2.56 bits per heavy atom. The lowest BCUT2D eigenvalue weighted by Crippen LogP contribution is -1.93. The molecule has 0 aliphatic rings. The van der Waals surface area contributed by atoms with Crippen LogP contribution in [0, 0.1) is 0 Å². The lowest BCUT2D eigenvalue weighted by molar-refractivity contribution is -0.114. The number of hydrogen-bond donors (Lipinski definition) is 0. The van der Waals surface area contributed by atoms with Crippen LogP contribution in [0.15, 0.2) is 30.4 Å². The normalized spacial score (nSPS) is 10.6. The Morgan fingerprint density at radius 2 is 1.94 bits per heavy atom. The molecular weight excluding hydrogens is 228 g/mol. The molecule has 0 fully saturated rings. The van der Waals surface area contributed by atoms with E-state index in [-0.39, 0.29) is 5.78 Å². The van der Waals surface area contributed by atoms with Crippen LogP contribution in [0.4, 0.5) is 0 Å². The molecule has 0 saturated heterocycles. The molecule has 1 aromatic rings. The number of allylic oxidation sites excluding steroid dienone is 2. The highest BCUT2D eigenvalue weighted by molar-refractivity contribution is 5.89. The molecule has 3 nitrogen and oxygen atoms in total. The van der Waals surface area contributed by atoms with E-state index in [0.717, 1.165) is 24.3 Å². The van der Waals surface area contributed by atoms with Gasteiger partial charge < -0.3 is 9.47 Å². The molecule has 0 bridgehead atoms. The molecule has 0 saturated carbocycles. The van der Waals surface area contributed by atoms with Crippen LogP contribution in [0.1, 0.15) is 25.3 Å². The summed E-state index contributed by atoms with van der Waals surface area (Å²) in [6, 6.07) is 5.88. The van der Waals surface area contributed by atoms with Crippen molar-refractivity contribution in [2.75, 3.05) is 14.2 Å². The summed E-state index contributed by atoms with van der Waals surface area (Å²) in [6.07, 6.45) is 5.87. The maximum atomic E-state index is 11.1. The Hall–Kier alpha value is -1.77. The summed E-state index contributed by atoms with van der Waals surface area (Å²) in [4.78, 5) is 11.1. The van der Waals surface area contributed by atoms with Crippen molar-refractivity contribution in [2.45, 2.75) is 26.2 Å². The zero-order valence-corrected chi connectivity index (χ0v) is 11.2. The van der Waals surface area contributed by atoms with Gasteiger partial charge in [-0.1, -0.05) is 19.1 Å². The molecule has 0 amide bonds. The number of methoxy groups -OCH3 is 2. The molecule has 0 aliphatic heterocycles. The molecule has 0 aliphatic carbocycles. The van der Waals surface area contributed by atoms with E-state index in [1.165, 1.54) is 5.56 Å². The van der Waals surface area contributed by atoms with Crippen LogP contribution in [0.3, 0.4) is 0 Å². The zero-order chi connectivity index (χ0) is 13.4. The van der Waals surface area contributed by atoms with Gasteiger partial charge in [0.05, 0.1) is 14.2 Å². The second-order valence-electron chi connectivity index (χ2n) is 3.95. The maximum absolute atomic E-state index is 11.1. The first kappa shape index (κ1) is 14.3. The highest BCUT2D eigenvalue weighted by Gasteiger charge is 2.03. The standard InChI is InChI=1S/C15H20O3/c1-4-13(16)8-6-5-7-12-9-10-14(17-2)15(11-12)18-3/h6,8-11H,4-5,7H2,1-3H3. The van der Waals surface area contributed by atoms with Crippen LogP contribution in [0.2, 0.25) is 0 Å². The average molecular weight is 248 g/mol. The predicted molar refractivity (Wildman–Crippen MR) is 72.3 cm³/mol. The van der Waals surface area contributed by atoms with Crippen molar-refractivity contribution in [3.8, 4) is 11.5 Å². The second kappa shape index (κ2) is 7.54. The van der Waals surface area contributed by atoms with Crippen LogP contribution in [-0.2, 0) is 11.2 Å². The number of rotatable bonds is 7. The van der Waals surface area contributed by atoms with E-state index in [2.05, 4.69) is 0 Å². The molecule has 0 radical (unpaired) electrons. The van der Waals surface area contributed by atoms with Gasteiger partial charge in [-0.15, -0.1) is 0 Å². The number of ketones is 1. The van der Waals surface area contributed by atoms with Crippen LogP contribution >= 0.6 is 0 Å². The lowest BCUT2D eigenvalue weighted by Gasteiger charge is -2.08. The van der Waals surface area contributed by atoms with Gasteiger partial charge >= 0.3 is 0 Å².